The third kappa shape index (κ3) is 2.62. The van der Waals surface area contributed by atoms with Crippen molar-refractivity contribution in [3.05, 3.63) is 45.8 Å². The molecule has 0 atom stereocenters. The second-order valence-corrected chi connectivity index (χ2v) is 7.70. The van der Waals surface area contributed by atoms with Gasteiger partial charge in [0.15, 0.2) is 0 Å². The molecule has 0 spiro atoms. The van der Waals surface area contributed by atoms with Crippen molar-refractivity contribution in [3.63, 3.8) is 0 Å². The molecule has 3 aromatic heterocycles. The minimum atomic E-state index is -0.132. The number of piperidine rings is 1. The second kappa shape index (κ2) is 6.00. The molecule has 0 saturated carbocycles. The number of benzene rings is 1. The third-order valence-corrected chi connectivity index (χ3v) is 5.93. The van der Waals surface area contributed by atoms with Crippen LogP contribution in [0.15, 0.2) is 35.3 Å². The van der Waals surface area contributed by atoms with Gasteiger partial charge < -0.3 is 5.32 Å². The van der Waals surface area contributed by atoms with Gasteiger partial charge in [-0.15, -0.1) is 0 Å². The van der Waals surface area contributed by atoms with E-state index in [4.69, 9.17) is 4.98 Å². The van der Waals surface area contributed by atoms with E-state index < -0.39 is 0 Å². The first-order valence-electron chi connectivity index (χ1n) is 8.73. The average Bonchev–Trinajstić information content (AvgIpc) is 3.24. The van der Waals surface area contributed by atoms with Gasteiger partial charge in [0.1, 0.15) is 5.01 Å². The lowest BCUT2D eigenvalue weighted by Gasteiger charge is -2.19. The molecule has 5 rings (SSSR count). The molecule has 1 fully saturated rings. The molecule has 7 nitrogen and oxygen atoms in total. The zero-order valence-electron chi connectivity index (χ0n) is 14.3. The van der Waals surface area contributed by atoms with Crippen LogP contribution >= 0.6 is 11.3 Å². The highest BCUT2D eigenvalue weighted by atomic mass is 32.1. The van der Waals surface area contributed by atoms with E-state index in [-0.39, 0.29) is 5.56 Å². The van der Waals surface area contributed by atoms with Crippen LogP contribution in [0.2, 0.25) is 0 Å². The van der Waals surface area contributed by atoms with Gasteiger partial charge in [-0.1, -0.05) is 17.4 Å². The van der Waals surface area contributed by atoms with Crippen molar-refractivity contribution < 1.29 is 0 Å². The van der Waals surface area contributed by atoms with Crippen molar-refractivity contribution >= 4 is 27.2 Å². The zero-order chi connectivity index (χ0) is 17.7. The molecule has 4 aromatic rings. The fourth-order valence-electron chi connectivity index (χ4n) is 3.52. The van der Waals surface area contributed by atoms with E-state index in [2.05, 4.69) is 15.5 Å². The molecule has 132 valence electrons. The monoisotopic (exact) mass is 366 g/mol. The number of rotatable bonds is 2. The van der Waals surface area contributed by atoms with Gasteiger partial charge in [-0.2, -0.15) is 14.7 Å². The Bertz CT molecular complexity index is 1170. The number of hydrogen-bond donors (Lipinski definition) is 1. The first kappa shape index (κ1) is 15.7. The predicted octanol–water partition coefficient (Wildman–Crippen LogP) is 2.17. The summed E-state index contributed by atoms with van der Waals surface area (Å²) in [5.41, 5.74) is 2.40. The predicted molar refractivity (Wildman–Crippen MR) is 102 cm³/mol. The summed E-state index contributed by atoms with van der Waals surface area (Å²) < 4.78 is 3.22. The summed E-state index contributed by atoms with van der Waals surface area (Å²) in [7, 11) is 1.90. The minimum absolute atomic E-state index is 0.132. The highest BCUT2D eigenvalue weighted by molar-refractivity contribution is 7.16. The van der Waals surface area contributed by atoms with E-state index in [1.54, 1.807) is 10.7 Å². The van der Waals surface area contributed by atoms with Crippen LogP contribution in [-0.4, -0.2) is 37.5 Å². The summed E-state index contributed by atoms with van der Waals surface area (Å²) in [5.74, 6) is 0.414. The molecule has 26 heavy (non-hydrogen) atoms. The van der Waals surface area contributed by atoms with Gasteiger partial charge in [0.25, 0.3) is 5.56 Å². The topological polar surface area (TPSA) is 77.1 Å². The summed E-state index contributed by atoms with van der Waals surface area (Å²) in [6.07, 6.45) is 4.07. The lowest BCUT2D eigenvalue weighted by Crippen LogP contribution is -2.26. The summed E-state index contributed by atoms with van der Waals surface area (Å²) in [6.45, 7) is 2.00. The lowest BCUT2D eigenvalue weighted by molar-refractivity contribution is 0.456. The fraction of sp³-hybridized carbons (Fsp3) is 0.333. The molecule has 1 N–H and O–H groups in total. The number of nitrogens with zero attached hydrogens (tertiary/aromatic N) is 5. The first-order valence-corrected chi connectivity index (χ1v) is 9.54. The average molecular weight is 366 g/mol. The Balaban J connectivity index is 1.60. The van der Waals surface area contributed by atoms with Crippen molar-refractivity contribution in [2.45, 2.75) is 18.8 Å². The molecule has 1 saturated heterocycles. The lowest BCUT2D eigenvalue weighted by atomic mass is 9.99. The van der Waals surface area contributed by atoms with Crippen LogP contribution in [0, 0.1) is 0 Å². The third-order valence-electron chi connectivity index (χ3n) is 4.86. The Labute approximate surface area is 153 Å². The maximum Gasteiger partial charge on any atom is 0.275 e. The van der Waals surface area contributed by atoms with Crippen LogP contribution in [-0.2, 0) is 7.05 Å². The van der Waals surface area contributed by atoms with Gasteiger partial charge in [0, 0.05) is 36.2 Å². The Hall–Kier alpha value is -2.58. The summed E-state index contributed by atoms with van der Waals surface area (Å²) in [6, 6.07) is 7.51. The van der Waals surface area contributed by atoms with E-state index in [1.807, 2.05) is 31.4 Å². The van der Waals surface area contributed by atoms with Crippen LogP contribution in [0.4, 0.5) is 0 Å². The van der Waals surface area contributed by atoms with Crippen molar-refractivity contribution in [2.75, 3.05) is 13.1 Å². The van der Waals surface area contributed by atoms with Crippen molar-refractivity contribution in [1.29, 1.82) is 0 Å². The highest BCUT2D eigenvalue weighted by Crippen LogP contribution is 2.29. The van der Waals surface area contributed by atoms with Crippen LogP contribution < -0.4 is 10.9 Å². The van der Waals surface area contributed by atoms with Crippen molar-refractivity contribution in [2.24, 2.45) is 7.05 Å². The summed E-state index contributed by atoms with van der Waals surface area (Å²) in [4.78, 5) is 17.9. The Morgan fingerprint density at radius 1 is 1.19 bits per heavy atom. The maximum atomic E-state index is 12.6. The molecule has 4 heterocycles. The number of aromatic nitrogens is 5. The first-order chi connectivity index (χ1) is 12.7. The van der Waals surface area contributed by atoms with Gasteiger partial charge in [-0.05, 0) is 38.1 Å². The zero-order valence-corrected chi connectivity index (χ0v) is 15.2. The molecular formula is C18H18N6OS. The normalized spacial score (nSPS) is 15.9. The van der Waals surface area contributed by atoms with E-state index in [9.17, 15) is 4.79 Å². The van der Waals surface area contributed by atoms with Crippen LogP contribution in [0.5, 0.6) is 0 Å². The van der Waals surface area contributed by atoms with Crippen molar-refractivity contribution in [1.82, 2.24) is 29.7 Å². The molecule has 1 aromatic carbocycles. The SMILES string of the molecule is Cn1cc2cc(-c3cc(=O)n4nc(C5CCNCC5)sc4n3)ccc2n1. The van der Waals surface area contributed by atoms with Gasteiger partial charge in [-0.3, -0.25) is 9.48 Å². The van der Waals surface area contributed by atoms with E-state index in [0.29, 0.717) is 16.6 Å². The minimum Gasteiger partial charge on any atom is -0.317 e. The Morgan fingerprint density at radius 2 is 2.04 bits per heavy atom. The van der Waals surface area contributed by atoms with Crippen LogP contribution in [0.3, 0.4) is 0 Å². The van der Waals surface area contributed by atoms with Gasteiger partial charge in [-0.25, -0.2) is 4.98 Å². The number of nitrogens with one attached hydrogen (secondary N) is 1. The summed E-state index contributed by atoms with van der Waals surface area (Å²) >= 11 is 1.53. The quantitative estimate of drug-likeness (QED) is 0.588. The molecule has 0 radical (unpaired) electrons. The van der Waals surface area contributed by atoms with Crippen LogP contribution in [0.25, 0.3) is 27.1 Å². The largest absolute Gasteiger partial charge is 0.317 e. The standard InChI is InChI=1S/C18H18N6OS/c1-23-10-13-8-12(2-3-14(13)21-23)15-9-16(25)24-18(20-15)26-17(22-24)11-4-6-19-7-5-11/h2-3,8-11,19H,4-7H2,1H3. The molecule has 0 aliphatic carbocycles. The molecule has 1 aliphatic rings. The van der Waals surface area contributed by atoms with E-state index in [0.717, 1.165) is 47.4 Å². The summed E-state index contributed by atoms with van der Waals surface area (Å²) in [5, 5.41) is 14.3. The molecule has 0 unspecified atom stereocenters. The van der Waals surface area contributed by atoms with Gasteiger partial charge in [0.2, 0.25) is 4.96 Å². The van der Waals surface area contributed by atoms with E-state index in [1.165, 1.54) is 15.9 Å². The molecule has 8 heteroatoms. The number of aryl methyl sites for hydroxylation is 1. The number of fused-ring (bicyclic) bond motifs is 2. The fourth-order valence-corrected chi connectivity index (χ4v) is 4.59. The smallest absolute Gasteiger partial charge is 0.275 e. The van der Waals surface area contributed by atoms with Crippen molar-refractivity contribution in [3.8, 4) is 11.3 Å². The molecule has 1 aliphatic heterocycles. The molecular weight excluding hydrogens is 348 g/mol. The number of hydrogen-bond acceptors (Lipinski definition) is 6. The Kier molecular flexibility index (Phi) is 3.61. The highest BCUT2D eigenvalue weighted by Gasteiger charge is 2.20. The maximum absolute atomic E-state index is 12.6. The Morgan fingerprint density at radius 3 is 2.88 bits per heavy atom. The molecule has 0 bridgehead atoms. The van der Waals surface area contributed by atoms with Crippen LogP contribution in [0.1, 0.15) is 23.8 Å². The second-order valence-electron chi connectivity index (χ2n) is 6.71. The van der Waals surface area contributed by atoms with Gasteiger partial charge in [0.05, 0.1) is 11.2 Å². The molecule has 0 amide bonds. The van der Waals surface area contributed by atoms with Gasteiger partial charge >= 0.3 is 0 Å². The van der Waals surface area contributed by atoms with E-state index >= 15 is 0 Å².